The Labute approximate surface area is 170 Å². The second kappa shape index (κ2) is 9.42. The first kappa shape index (κ1) is 20.0. The van der Waals surface area contributed by atoms with Crippen LogP contribution >= 0.6 is 23.2 Å². The molecule has 1 aromatic carbocycles. The van der Waals surface area contributed by atoms with Gasteiger partial charge in [0.1, 0.15) is 11.6 Å². The van der Waals surface area contributed by atoms with E-state index in [9.17, 15) is 0 Å². The van der Waals surface area contributed by atoms with Gasteiger partial charge in [-0.2, -0.15) is 5.10 Å². The summed E-state index contributed by atoms with van der Waals surface area (Å²) in [6, 6.07) is 5.78. The number of rotatable bonds is 6. The second-order valence-electron chi connectivity index (χ2n) is 6.68. The van der Waals surface area contributed by atoms with Crippen LogP contribution in [0.3, 0.4) is 0 Å². The summed E-state index contributed by atoms with van der Waals surface area (Å²) in [6.45, 7) is 6.46. The molecule has 146 valence electrons. The highest BCUT2D eigenvalue weighted by Crippen LogP contribution is 2.23. The molecule has 0 saturated heterocycles. The highest BCUT2D eigenvalue weighted by molar-refractivity contribution is 6.35. The summed E-state index contributed by atoms with van der Waals surface area (Å²) < 4.78 is 2.00. The Hall–Kier alpha value is -1.79. The Morgan fingerprint density at radius 2 is 2.22 bits per heavy atom. The van der Waals surface area contributed by atoms with Crippen molar-refractivity contribution in [3.8, 4) is 0 Å². The molecule has 0 bridgehead atoms. The Bertz CT molecular complexity index is 801. The van der Waals surface area contributed by atoms with E-state index in [0.717, 1.165) is 61.9 Å². The number of nitrogens with one attached hydrogen (secondary N) is 2. The molecule has 0 radical (unpaired) electrons. The minimum atomic E-state index is 0.142. The van der Waals surface area contributed by atoms with Gasteiger partial charge in [0.25, 0.3) is 0 Å². The van der Waals surface area contributed by atoms with Gasteiger partial charge in [0, 0.05) is 29.7 Å². The third kappa shape index (κ3) is 5.36. The van der Waals surface area contributed by atoms with Crippen molar-refractivity contribution in [1.82, 2.24) is 25.4 Å². The lowest BCUT2D eigenvalue weighted by atomic mass is 10.1. The highest BCUT2D eigenvalue weighted by Gasteiger charge is 2.24. The number of aromatic nitrogens is 3. The van der Waals surface area contributed by atoms with E-state index in [1.807, 2.05) is 23.7 Å². The van der Waals surface area contributed by atoms with Crippen molar-refractivity contribution in [3.05, 3.63) is 45.5 Å². The molecule has 2 aromatic rings. The molecule has 0 amide bonds. The van der Waals surface area contributed by atoms with Crippen molar-refractivity contribution in [2.75, 3.05) is 13.1 Å². The van der Waals surface area contributed by atoms with Crippen LogP contribution in [0.1, 0.15) is 49.4 Å². The maximum absolute atomic E-state index is 6.24. The fourth-order valence-corrected chi connectivity index (χ4v) is 3.78. The first-order valence-corrected chi connectivity index (χ1v) is 10.2. The van der Waals surface area contributed by atoms with Crippen LogP contribution in [0.15, 0.2) is 23.2 Å². The van der Waals surface area contributed by atoms with Crippen molar-refractivity contribution < 1.29 is 0 Å². The lowest BCUT2D eigenvalue weighted by Gasteiger charge is -2.25. The van der Waals surface area contributed by atoms with Gasteiger partial charge in [-0.25, -0.2) is 9.67 Å². The number of hydrogen-bond donors (Lipinski definition) is 2. The van der Waals surface area contributed by atoms with E-state index in [2.05, 4.69) is 27.6 Å². The van der Waals surface area contributed by atoms with E-state index < -0.39 is 0 Å². The quantitative estimate of drug-likeness (QED) is 0.431. The monoisotopic (exact) mass is 408 g/mol. The first-order chi connectivity index (χ1) is 13.1. The largest absolute Gasteiger partial charge is 0.357 e. The average molecular weight is 409 g/mol. The van der Waals surface area contributed by atoms with E-state index in [-0.39, 0.29) is 6.04 Å². The maximum Gasteiger partial charge on any atom is 0.191 e. The fourth-order valence-electron chi connectivity index (χ4n) is 3.27. The standard InChI is InChI=1S/C19H26Cl2N6/c1-3-22-19(23-10-4-6-14-8-9-15(20)12-16(14)21)25-17-7-5-11-27-18(17)24-13(2)26-27/h8-9,12,17H,3-7,10-11H2,1-2H3,(H2,22,23,25). The van der Waals surface area contributed by atoms with Gasteiger partial charge in [0.15, 0.2) is 5.96 Å². The van der Waals surface area contributed by atoms with Crippen LogP contribution in [-0.4, -0.2) is 33.8 Å². The topological polar surface area (TPSA) is 67.1 Å². The van der Waals surface area contributed by atoms with E-state index in [0.29, 0.717) is 16.6 Å². The Morgan fingerprint density at radius 1 is 1.37 bits per heavy atom. The van der Waals surface area contributed by atoms with Crippen LogP contribution in [0, 0.1) is 6.92 Å². The molecule has 0 spiro atoms. The molecule has 27 heavy (non-hydrogen) atoms. The Balaban J connectivity index is 1.58. The number of aliphatic imine (C=N–C) groups is 1. The number of aryl methyl sites for hydroxylation is 3. The predicted octanol–water partition coefficient (Wildman–Crippen LogP) is 3.92. The average Bonchev–Trinajstić information content (AvgIpc) is 3.01. The molecule has 1 aliphatic heterocycles. The molecule has 6 nitrogen and oxygen atoms in total. The van der Waals surface area contributed by atoms with Crippen molar-refractivity contribution in [1.29, 1.82) is 0 Å². The summed E-state index contributed by atoms with van der Waals surface area (Å²) in [4.78, 5) is 9.30. The molecular weight excluding hydrogens is 383 g/mol. The molecule has 0 fully saturated rings. The van der Waals surface area contributed by atoms with Gasteiger partial charge in [-0.1, -0.05) is 29.3 Å². The lowest BCUT2D eigenvalue weighted by Crippen LogP contribution is -2.41. The molecular formula is C19H26Cl2N6. The van der Waals surface area contributed by atoms with E-state index in [4.69, 9.17) is 28.2 Å². The summed E-state index contributed by atoms with van der Waals surface area (Å²) in [5, 5.41) is 12.7. The van der Waals surface area contributed by atoms with Crippen LogP contribution < -0.4 is 10.6 Å². The van der Waals surface area contributed by atoms with E-state index >= 15 is 0 Å². The molecule has 2 heterocycles. The maximum atomic E-state index is 6.24. The van der Waals surface area contributed by atoms with Crippen LogP contribution in [-0.2, 0) is 13.0 Å². The SMILES string of the molecule is CCNC(=NCCCc1ccc(Cl)cc1Cl)NC1CCCn2nc(C)nc21. The normalized spacial score (nSPS) is 16.9. The molecule has 8 heteroatoms. The zero-order chi connectivity index (χ0) is 19.2. The highest BCUT2D eigenvalue weighted by atomic mass is 35.5. The molecule has 1 aromatic heterocycles. The zero-order valence-corrected chi connectivity index (χ0v) is 17.3. The molecule has 1 unspecified atom stereocenters. The van der Waals surface area contributed by atoms with Crippen LogP contribution in [0.4, 0.5) is 0 Å². The van der Waals surface area contributed by atoms with E-state index in [1.165, 1.54) is 0 Å². The summed E-state index contributed by atoms with van der Waals surface area (Å²) in [7, 11) is 0. The van der Waals surface area contributed by atoms with Crippen LogP contribution in [0.2, 0.25) is 10.0 Å². The molecule has 1 aliphatic rings. The number of nitrogens with zero attached hydrogens (tertiary/aromatic N) is 4. The van der Waals surface area contributed by atoms with Gasteiger partial charge in [-0.15, -0.1) is 0 Å². The molecule has 3 rings (SSSR count). The summed E-state index contributed by atoms with van der Waals surface area (Å²) in [5.41, 5.74) is 1.10. The minimum Gasteiger partial charge on any atom is -0.357 e. The molecule has 0 saturated carbocycles. The van der Waals surface area contributed by atoms with Gasteiger partial charge in [-0.3, -0.25) is 4.99 Å². The van der Waals surface area contributed by atoms with Gasteiger partial charge in [0.05, 0.1) is 6.04 Å². The van der Waals surface area contributed by atoms with Crippen LogP contribution in [0.25, 0.3) is 0 Å². The summed E-state index contributed by atoms with van der Waals surface area (Å²) in [6.07, 6.45) is 3.90. The third-order valence-electron chi connectivity index (χ3n) is 4.53. The lowest BCUT2D eigenvalue weighted by molar-refractivity contribution is 0.397. The van der Waals surface area contributed by atoms with Crippen molar-refractivity contribution in [3.63, 3.8) is 0 Å². The summed E-state index contributed by atoms with van der Waals surface area (Å²) in [5.74, 6) is 2.64. The Kier molecular flexibility index (Phi) is 6.96. The fraction of sp³-hybridized carbons (Fsp3) is 0.526. The van der Waals surface area contributed by atoms with E-state index in [1.54, 1.807) is 6.07 Å². The van der Waals surface area contributed by atoms with Gasteiger partial charge in [0.2, 0.25) is 0 Å². The molecule has 0 aliphatic carbocycles. The number of fused-ring (bicyclic) bond motifs is 1. The van der Waals surface area contributed by atoms with Crippen molar-refractivity contribution >= 4 is 29.2 Å². The number of hydrogen-bond acceptors (Lipinski definition) is 3. The molecule has 2 N–H and O–H groups in total. The smallest absolute Gasteiger partial charge is 0.191 e. The predicted molar refractivity (Wildman–Crippen MR) is 111 cm³/mol. The number of guanidine groups is 1. The number of halogens is 2. The molecule has 1 atom stereocenters. The van der Waals surface area contributed by atoms with Crippen molar-refractivity contribution in [2.45, 2.75) is 52.1 Å². The van der Waals surface area contributed by atoms with Gasteiger partial charge >= 0.3 is 0 Å². The Morgan fingerprint density at radius 3 is 3.00 bits per heavy atom. The minimum absolute atomic E-state index is 0.142. The summed E-state index contributed by atoms with van der Waals surface area (Å²) >= 11 is 12.2. The number of benzene rings is 1. The third-order valence-corrected chi connectivity index (χ3v) is 5.11. The first-order valence-electron chi connectivity index (χ1n) is 9.47. The van der Waals surface area contributed by atoms with Gasteiger partial charge in [-0.05, 0) is 57.2 Å². The van der Waals surface area contributed by atoms with Crippen LogP contribution in [0.5, 0.6) is 0 Å². The van der Waals surface area contributed by atoms with Crippen molar-refractivity contribution in [2.24, 2.45) is 4.99 Å². The van der Waals surface area contributed by atoms with Gasteiger partial charge < -0.3 is 10.6 Å². The zero-order valence-electron chi connectivity index (χ0n) is 15.8. The second-order valence-corrected chi connectivity index (χ2v) is 7.52.